The van der Waals surface area contributed by atoms with Crippen molar-refractivity contribution in [3.05, 3.63) is 35.9 Å². The van der Waals surface area contributed by atoms with Crippen molar-refractivity contribution in [2.45, 2.75) is 25.9 Å². The number of likely N-dealkylation sites (tertiary alicyclic amines) is 1. The Morgan fingerprint density at radius 2 is 2.11 bits per heavy atom. The summed E-state index contributed by atoms with van der Waals surface area (Å²) in [5.41, 5.74) is 6.62. The molecule has 18 heavy (non-hydrogen) atoms. The predicted molar refractivity (Wildman–Crippen MR) is 72.0 cm³/mol. The molecule has 0 aromatic heterocycles. The second-order valence-corrected chi connectivity index (χ2v) is 5.15. The molecule has 2 atom stereocenters. The Morgan fingerprint density at radius 1 is 1.39 bits per heavy atom. The van der Waals surface area contributed by atoms with Crippen molar-refractivity contribution in [2.75, 3.05) is 13.1 Å². The van der Waals surface area contributed by atoms with Gasteiger partial charge in [-0.05, 0) is 17.9 Å². The average molecular weight is 247 g/mol. The minimum atomic E-state index is -0.312. The normalized spacial score (nSPS) is 23.9. The van der Waals surface area contributed by atoms with Crippen LogP contribution in [-0.2, 0) is 6.54 Å². The fraction of sp³-hybridized carbons (Fsp3) is 0.500. The number of benzene rings is 1. The summed E-state index contributed by atoms with van der Waals surface area (Å²) in [6, 6.07) is 10.3. The Morgan fingerprint density at radius 3 is 2.78 bits per heavy atom. The van der Waals surface area contributed by atoms with Gasteiger partial charge in [0.15, 0.2) is 0 Å². The van der Waals surface area contributed by atoms with E-state index in [1.165, 1.54) is 5.56 Å². The first-order valence-electron chi connectivity index (χ1n) is 6.47. The van der Waals surface area contributed by atoms with E-state index in [0.29, 0.717) is 18.5 Å². The Bertz CT molecular complexity index is 393. The second-order valence-electron chi connectivity index (χ2n) is 5.15. The summed E-state index contributed by atoms with van der Waals surface area (Å²) in [6.45, 7) is 4.49. The summed E-state index contributed by atoms with van der Waals surface area (Å²) < 4.78 is 0. The molecule has 1 aromatic carbocycles. The number of carbonyl (C=O) groups excluding carboxylic acids is 1. The standard InChI is InChI=1S/C14H21N3O/c1-11-7-13(10-17(9-11)14(15)18)16-8-12-5-3-2-4-6-12/h2-6,11,13,16H,7-10H2,1H3,(H2,15,18). The van der Waals surface area contributed by atoms with Crippen molar-refractivity contribution in [2.24, 2.45) is 11.7 Å². The van der Waals surface area contributed by atoms with Crippen molar-refractivity contribution < 1.29 is 4.79 Å². The molecule has 2 amide bonds. The van der Waals surface area contributed by atoms with Crippen LogP contribution in [0.15, 0.2) is 30.3 Å². The summed E-state index contributed by atoms with van der Waals surface area (Å²) in [5, 5.41) is 3.50. The molecule has 0 bridgehead atoms. The van der Waals surface area contributed by atoms with Crippen LogP contribution in [0.1, 0.15) is 18.9 Å². The number of piperidine rings is 1. The molecular formula is C14H21N3O. The van der Waals surface area contributed by atoms with Gasteiger partial charge < -0.3 is 16.0 Å². The molecule has 3 N–H and O–H groups in total. The van der Waals surface area contributed by atoms with E-state index >= 15 is 0 Å². The van der Waals surface area contributed by atoms with Crippen LogP contribution in [0.3, 0.4) is 0 Å². The van der Waals surface area contributed by atoms with Gasteiger partial charge in [0.1, 0.15) is 0 Å². The molecule has 98 valence electrons. The molecule has 0 aliphatic carbocycles. The Labute approximate surface area is 108 Å². The van der Waals surface area contributed by atoms with Crippen LogP contribution in [0, 0.1) is 5.92 Å². The minimum absolute atomic E-state index is 0.312. The highest BCUT2D eigenvalue weighted by atomic mass is 16.2. The maximum absolute atomic E-state index is 11.2. The first-order valence-corrected chi connectivity index (χ1v) is 6.47. The smallest absolute Gasteiger partial charge is 0.314 e. The number of hydrogen-bond acceptors (Lipinski definition) is 2. The van der Waals surface area contributed by atoms with E-state index in [2.05, 4.69) is 24.4 Å². The number of carbonyl (C=O) groups is 1. The molecule has 4 nitrogen and oxygen atoms in total. The third-order valence-electron chi connectivity index (χ3n) is 3.41. The van der Waals surface area contributed by atoms with Crippen LogP contribution >= 0.6 is 0 Å². The number of urea groups is 1. The lowest BCUT2D eigenvalue weighted by atomic mass is 9.96. The van der Waals surface area contributed by atoms with Gasteiger partial charge in [-0.15, -0.1) is 0 Å². The predicted octanol–water partition coefficient (Wildman–Crippen LogP) is 1.57. The maximum atomic E-state index is 11.2. The van der Waals surface area contributed by atoms with Crippen LogP contribution in [0.5, 0.6) is 0 Å². The third-order valence-corrected chi connectivity index (χ3v) is 3.41. The van der Waals surface area contributed by atoms with E-state index in [1.807, 2.05) is 18.2 Å². The summed E-state index contributed by atoms with van der Waals surface area (Å²) in [4.78, 5) is 13.0. The summed E-state index contributed by atoms with van der Waals surface area (Å²) in [5.74, 6) is 0.500. The maximum Gasteiger partial charge on any atom is 0.314 e. The van der Waals surface area contributed by atoms with E-state index in [4.69, 9.17) is 5.73 Å². The molecule has 0 spiro atoms. The van der Waals surface area contributed by atoms with Crippen LogP contribution in [-0.4, -0.2) is 30.1 Å². The first-order chi connectivity index (χ1) is 8.65. The average Bonchev–Trinajstić information content (AvgIpc) is 2.37. The molecule has 1 fully saturated rings. The van der Waals surface area contributed by atoms with E-state index in [9.17, 15) is 4.79 Å². The highest BCUT2D eigenvalue weighted by Gasteiger charge is 2.26. The highest BCUT2D eigenvalue weighted by molar-refractivity contribution is 5.72. The zero-order chi connectivity index (χ0) is 13.0. The van der Waals surface area contributed by atoms with Gasteiger partial charge in [-0.1, -0.05) is 37.3 Å². The van der Waals surface area contributed by atoms with E-state index in [-0.39, 0.29) is 6.03 Å². The number of primary amides is 1. The summed E-state index contributed by atoms with van der Waals surface area (Å²) in [7, 11) is 0. The fourth-order valence-electron chi connectivity index (χ4n) is 2.54. The number of nitrogens with two attached hydrogens (primary N) is 1. The van der Waals surface area contributed by atoms with Gasteiger partial charge in [0.05, 0.1) is 0 Å². The molecule has 2 unspecified atom stereocenters. The number of nitrogens with zero attached hydrogens (tertiary/aromatic N) is 1. The third kappa shape index (κ3) is 3.47. The molecule has 1 aliphatic heterocycles. The van der Waals surface area contributed by atoms with Gasteiger partial charge >= 0.3 is 6.03 Å². The number of hydrogen-bond donors (Lipinski definition) is 2. The van der Waals surface area contributed by atoms with Crippen LogP contribution in [0.2, 0.25) is 0 Å². The summed E-state index contributed by atoms with van der Waals surface area (Å²) in [6.07, 6.45) is 1.09. The zero-order valence-electron chi connectivity index (χ0n) is 10.8. The molecular weight excluding hydrogens is 226 g/mol. The first kappa shape index (κ1) is 12.9. The summed E-state index contributed by atoms with van der Waals surface area (Å²) >= 11 is 0. The van der Waals surface area contributed by atoms with Gasteiger partial charge in [-0.25, -0.2) is 4.79 Å². The van der Waals surface area contributed by atoms with E-state index < -0.39 is 0 Å². The molecule has 1 saturated heterocycles. The SMILES string of the molecule is CC1CC(NCc2ccccc2)CN(C(N)=O)C1. The molecule has 1 heterocycles. The lowest BCUT2D eigenvalue weighted by Gasteiger charge is -2.36. The van der Waals surface area contributed by atoms with Gasteiger partial charge in [0.2, 0.25) is 0 Å². The van der Waals surface area contributed by atoms with Crippen molar-refractivity contribution in [3.63, 3.8) is 0 Å². The molecule has 2 rings (SSSR count). The Balaban J connectivity index is 1.87. The molecule has 4 heteroatoms. The number of amides is 2. The van der Waals surface area contributed by atoms with Crippen molar-refractivity contribution in [3.8, 4) is 0 Å². The van der Waals surface area contributed by atoms with E-state index in [0.717, 1.165) is 19.5 Å². The molecule has 0 radical (unpaired) electrons. The topological polar surface area (TPSA) is 58.4 Å². The van der Waals surface area contributed by atoms with Gasteiger partial charge in [0, 0.05) is 25.7 Å². The van der Waals surface area contributed by atoms with Crippen molar-refractivity contribution >= 4 is 6.03 Å². The van der Waals surface area contributed by atoms with Gasteiger partial charge in [-0.2, -0.15) is 0 Å². The van der Waals surface area contributed by atoms with Gasteiger partial charge in [0.25, 0.3) is 0 Å². The quantitative estimate of drug-likeness (QED) is 0.851. The molecule has 1 aromatic rings. The Kier molecular flexibility index (Phi) is 4.20. The van der Waals surface area contributed by atoms with Crippen LogP contribution in [0.25, 0.3) is 0 Å². The lowest BCUT2D eigenvalue weighted by Crippen LogP contribution is -2.52. The fourth-order valence-corrected chi connectivity index (χ4v) is 2.54. The number of rotatable bonds is 3. The zero-order valence-corrected chi connectivity index (χ0v) is 10.8. The van der Waals surface area contributed by atoms with Crippen molar-refractivity contribution in [1.29, 1.82) is 0 Å². The van der Waals surface area contributed by atoms with Gasteiger partial charge in [-0.3, -0.25) is 0 Å². The second kappa shape index (κ2) is 5.87. The number of nitrogens with one attached hydrogen (secondary N) is 1. The Hall–Kier alpha value is -1.55. The van der Waals surface area contributed by atoms with Crippen molar-refractivity contribution in [1.82, 2.24) is 10.2 Å². The van der Waals surface area contributed by atoms with E-state index in [1.54, 1.807) is 4.90 Å². The highest BCUT2D eigenvalue weighted by Crippen LogP contribution is 2.16. The lowest BCUT2D eigenvalue weighted by molar-refractivity contribution is 0.158. The monoisotopic (exact) mass is 247 g/mol. The largest absolute Gasteiger partial charge is 0.351 e. The molecule has 1 aliphatic rings. The van der Waals surface area contributed by atoms with Crippen LogP contribution < -0.4 is 11.1 Å². The van der Waals surface area contributed by atoms with Crippen LogP contribution in [0.4, 0.5) is 4.79 Å². The minimum Gasteiger partial charge on any atom is -0.351 e. The molecule has 0 saturated carbocycles.